The Hall–Kier alpha value is -0.0400. The molecular formula is C16H31N. The fourth-order valence-electron chi connectivity index (χ4n) is 4.16. The van der Waals surface area contributed by atoms with Crippen molar-refractivity contribution < 1.29 is 0 Å². The smallest absolute Gasteiger partial charge is 0.0103 e. The Labute approximate surface area is 108 Å². The van der Waals surface area contributed by atoms with E-state index in [0.29, 0.717) is 0 Å². The summed E-state index contributed by atoms with van der Waals surface area (Å²) >= 11 is 0. The minimum absolute atomic E-state index is 0.843. The number of fused-ring (bicyclic) bond motifs is 1. The first-order valence-corrected chi connectivity index (χ1v) is 8.05. The van der Waals surface area contributed by atoms with Crippen LogP contribution in [0.15, 0.2) is 0 Å². The molecule has 2 aliphatic carbocycles. The Balaban J connectivity index is 1.85. The van der Waals surface area contributed by atoms with E-state index in [-0.39, 0.29) is 0 Å². The first-order chi connectivity index (χ1) is 8.31. The molecule has 2 saturated carbocycles. The number of hydrogen-bond donors (Lipinski definition) is 1. The highest BCUT2D eigenvalue weighted by molar-refractivity contribution is 5.06. The molecule has 0 aromatic rings. The molecule has 17 heavy (non-hydrogen) atoms. The van der Waals surface area contributed by atoms with Gasteiger partial charge in [-0.1, -0.05) is 40.0 Å². The predicted octanol–water partition coefficient (Wildman–Crippen LogP) is 4.23. The van der Waals surface area contributed by atoms with E-state index in [0.717, 1.165) is 29.7 Å². The Morgan fingerprint density at radius 2 is 1.71 bits per heavy atom. The zero-order valence-corrected chi connectivity index (χ0v) is 12.0. The third kappa shape index (κ3) is 3.05. The monoisotopic (exact) mass is 237 g/mol. The van der Waals surface area contributed by atoms with Gasteiger partial charge in [-0.3, -0.25) is 0 Å². The topological polar surface area (TPSA) is 12.0 Å². The average Bonchev–Trinajstić information content (AvgIpc) is 2.83. The van der Waals surface area contributed by atoms with Gasteiger partial charge < -0.3 is 5.32 Å². The third-order valence-corrected chi connectivity index (χ3v) is 5.34. The second-order valence-corrected chi connectivity index (χ2v) is 6.31. The second-order valence-electron chi connectivity index (χ2n) is 6.31. The van der Waals surface area contributed by atoms with Crippen LogP contribution in [0.25, 0.3) is 0 Å². The average molecular weight is 237 g/mol. The van der Waals surface area contributed by atoms with E-state index in [4.69, 9.17) is 0 Å². The van der Waals surface area contributed by atoms with E-state index in [1.54, 1.807) is 0 Å². The molecule has 2 fully saturated rings. The standard InChI is InChI=1S/C16H31N/c1-4-10-17-15(11-12(5-2)6-3)16-13-8-7-9-14(13)16/h12-17H,4-11H2,1-3H3. The van der Waals surface area contributed by atoms with E-state index in [9.17, 15) is 0 Å². The fraction of sp³-hybridized carbons (Fsp3) is 1.00. The molecule has 3 unspecified atom stereocenters. The highest BCUT2D eigenvalue weighted by Gasteiger charge is 2.55. The van der Waals surface area contributed by atoms with Crippen molar-refractivity contribution in [2.75, 3.05) is 6.54 Å². The summed E-state index contributed by atoms with van der Waals surface area (Å²) < 4.78 is 0. The Bertz CT molecular complexity index is 212. The van der Waals surface area contributed by atoms with Crippen molar-refractivity contribution in [1.29, 1.82) is 0 Å². The van der Waals surface area contributed by atoms with E-state index in [1.807, 2.05) is 0 Å². The molecule has 0 aromatic carbocycles. The van der Waals surface area contributed by atoms with E-state index < -0.39 is 0 Å². The maximum Gasteiger partial charge on any atom is 0.0103 e. The maximum atomic E-state index is 3.86. The normalized spacial score (nSPS) is 32.8. The molecule has 0 bridgehead atoms. The molecule has 1 heteroatoms. The second kappa shape index (κ2) is 6.22. The highest BCUT2D eigenvalue weighted by Crippen LogP contribution is 2.59. The minimum Gasteiger partial charge on any atom is -0.314 e. The molecule has 2 rings (SSSR count). The molecule has 3 atom stereocenters. The zero-order chi connectivity index (χ0) is 12.3. The third-order valence-electron chi connectivity index (χ3n) is 5.34. The van der Waals surface area contributed by atoms with E-state index in [2.05, 4.69) is 26.1 Å². The van der Waals surface area contributed by atoms with Crippen molar-refractivity contribution in [1.82, 2.24) is 5.32 Å². The maximum absolute atomic E-state index is 3.86. The molecule has 100 valence electrons. The van der Waals surface area contributed by atoms with Crippen molar-refractivity contribution in [2.45, 2.75) is 71.8 Å². The van der Waals surface area contributed by atoms with Crippen molar-refractivity contribution in [2.24, 2.45) is 23.7 Å². The molecule has 0 aromatic heterocycles. The van der Waals surface area contributed by atoms with Gasteiger partial charge in [0.25, 0.3) is 0 Å². The van der Waals surface area contributed by atoms with Crippen molar-refractivity contribution in [3.05, 3.63) is 0 Å². The van der Waals surface area contributed by atoms with Crippen molar-refractivity contribution in [3.63, 3.8) is 0 Å². The number of rotatable bonds is 8. The molecule has 0 amide bonds. The predicted molar refractivity (Wildman–Crippen MR) is 75.1 cm³/mol. The van der Waals surface area contributed by atoms with Crippen LogP contribution in [-0.4, -0.2) is 12.6 Å². The van der Waals surface area contributed by atoms with Crippen LogP contribution in [0.1, 0.15) is 65.7 Å². The number of nitrogens with one attached hydrogen (secondary N) is 1. The minimum atomic E-state index is 0.843. The zero-order valence-electron chi connectivity index (χ0n) is 12.0. The summed E-state index contributed by atoms with van der Waals surface area (Å²) in [4.78, 5) is 0. The number of hydrogen-bond acceptors (Lipinski definition) is 1. The van der Waals surface area contributed by atoms with Gasteiger partial charge in [-0.05, 0) is 55.9 Å². The first-order valence-electron chi connectivity index (χ1n) is 8.05. The van der Waals surface area contributed by atoms with Crippen LogP contribution in [0.5, 0.6) is 0 Å². The summed E-state index contributed by atoms with van der Waals surface area (Å²) in [6, 6.07) is 0.843. The lowest BCUT2D eigenvalue weighted by atomic mass is 9.90. The van der Waals surface area contributed by atoms with Crippen LogP contribution in [0.3, 0.4) is 0 Å². The van der Waals surface area contributed by atoms with Gasteiger partial charge in [0.15, 0.2) is 0 Å². The van der Waals surface area contributed by atoms with Crippen LogP contribution in [0.4, 0.5) is 0 Å². The van der Waals surface area contributed by atoms with E-state index in [1.165, 1.54) is 51.5 Å². The lowest BCUT2D eigenvalue weighted by Crippen LogP contribution is -2.35. The lowest BCUT2D eigenvalue weighted by Gasteiger charge is -2.24. The van der Waals surface area contributed by atoms with Gasteiger partial charge in [-0.2, -0.15) is 0 Å². The van der Waals surface area contributed by atoms with Crippen LogP contribution in [-0.2, 0) is 0 Å². The van der Waals surface area contributed by atoms with Crippen molar-refractivity contribution >= 4 is 0 Å². The summed E-state index contributed by atoms with van der Waals surface area (Å²) in [7, 11) is 0. The molecule has 0 saturated heterocycles. The van der Waals surface area contributed by atoms with E-state index >= 15 is 0 Å². The summed E-state index contributed by atoms with van der Waals surface area (Å²) in [5.74, 6) is 4.22. The molecule has 0 heterocycles. The molecule has 0 aliphatic heterocycles. The molecule has 0 spiro atoms. The Morgan fingerprint density at radius 1 is 1.06 bits per heavy atom. The van der Waals surface area contributed by atoms with Gasteiger partial charge in [0, 0.05) is 6.04 Å². The van der Waals surface area contributed by atoms with Crippen LogP contribution in [0, 0.1) is 23.7 Å². The van der Waals surface area contributed by atoms with Gasteiger partial charge >= 0.3 is 0 Å². The van der Waals surface area contributed by atoms with Gasteiger partial charge in [0.2, 0.25) is 0 Å². The molecule has 2 aliphatic rings. The SMILES string of the molecule is CCCNC(CC(CC)CC)C1C2CCCC21. The summed E-state index contributed by atoms with van der Waals surface area (Å²) in [6.45, 7) is 8.23. The summed E-state index contributed by atoms with van der Waals surface area (Å²) in [5.41, 5.74) is 0. The van der Waals surface area contributed by atoms with Crippen LogP contribution >= 0.6 is 0 Å². The fourth-order valence-corrected chi connectivity index (χ4v) is 4.16. The van der Waals surface area contributed by atoms with Gasteiger partial charge in [0.05, 0.1) is 0 Å². The van der Waals surface area contributed by atoms with Crippen LogP contribution < -0.4 is 5.32 Å². The quantitative estimate of drug-likeness (QED) is 0.666. The Morgan fingerprint density at radius 3 is 2.24 bits per heavy atom. The summed E-state index contributed by atoms with van der Waals surface area (Å²) in [5, 5.41) is 3.86. The van der Waals surface area contributed by atoms with Gasteiger partial charge in [0.1, 0.15) is 0 Å². The first kappa shape index (κ1) is 13.4. The molecular weight excluding hydrogens is 206 g/mol. The van der Waals surface area contributed by atoms with Gasteiger partial charge in [-0.25, -0.2) is 0 Å². The molecule has 0 radical (unpaired) electrons. The Kier molecular flexibility index (Phi) is 4.90. The van der Waals surface area contributed by atoms with Gasteiger partial charge in [-0.15, -0.1) is 0 Å². The van der Waals surface area contributed by atoms with Crippen LogP contribution in [0.2, 0.25) is 0 Å². The molecule has 1 N–H and O–H groups in total. The molecule has 1 nitrogen and oxygen atoms in total. The lowest BCUT2D eigenvalue weighted by molar-refractivity contribution is 0.315. The highest BCUT2D eigenvalue weighted by atomic mass is 14.9. The summed E-state index contributed by atoms with van der Waals surface area (Å²) in [6.07, 6.45) is 10.0. The largest absolute Gasteiger partial charge is 0.314 e. The van der Waals surface area contributed by atoms with Crippen molar-refractivity contribution in [3.8, 4) is 0 Å².